The monoisotopic (exact) mass is 251 g/mol. The molecule has 2 rings (SSSR count). The van der Waals surface area contributed by atoms with Gasteiger partial charge in [0.15, 0.2) is 5.96 Å². The summed E-state index contributed by atoms with van der Waals surface area (Å²) in [6, 6.07) is -0.0565. The van der Waals surface area contributed by atoms with Crippen LogP contribution in [0.2, 0.25) is 0 Å². The standard InChI is InChI=1S/C14H25N3O/c1-10(2)9-15-14-16-12(13(18)17-14)8-11-6-4-3-5-7-11/h10-12H,3-9H2,1-2H3,(H2,15,16,17,18). The molecule has 102 valence electrons. The molecule has 1 atom stereocenters. The van der Waals surface area contributed by atoms with Crippen molar-refractivity contribution in [1.29, 1.82) is 0 Å². The predicted molar refractivity (Wildman–Crippen MR) is 73.4 cm³/mol. The molecule has 0 aromatic carbocycles. The summed E-state index contributed by atoms with van der Waals surface area (Å²) in [5.74, 6) is 2.01. The first kappa shape index (κ1) is 13.4. The van der Waals surface area contributed by atoms with Gasteiger partial charge in [-0.2, -0.15) is 0 Å². The lowest BCUT2D eigenvalue weighted by Crippen LogP contribution is -2.32. The molecule has 0 aromatic heterocycles. The van der Waals surface area contributed by atoms with Crippen molar-refractivity contribution < 1.29 is 4.79 Å². The Morgan fingerprint density at radius 2 is 2.00 bits per heavy atom. The van der Waals surface area contributed by atoms with E-state index in [2.05, 4.69) is 29.5 Å². The lowest BCUT2D eigenvalue weighted by Gasteiger charge is -2.23. The number of rotatable bonds is 4. The van der Waals surface area contributed by atoms with Gasteiger partial charge in [0.1, 0.15) is 6.04 Å². The second-order valence-corrected chi connectivity index (χ2v) is 6.01. The Hall–Kier alpha value is -1.06. The minimum absolute atomic E-state index is 0.0565. The fourth-order valence-electron chi connectivity index (χ4n) is 2.75. The summed E-state index contributed by atoms with van der Waals surface area (Å²) >= 11 is 0. The van der Waals surface area contributed by atoms with E-state index < -0.39 is 0 Å². The molecule has 4 heteroatoms. The van der Waals surface area contributed by atoms with E-state index in [0.717, 1.165) is 13.0 Å². The maximum absolute atomic E-state index is 11.8. The summed E-state index contributed by atoms with van der Waals surface area (Å²) in [4.78, 5) is 16.2. The molecule has 0 aromatic rings. The fraction of sp³-hybridized carbons (Fsp3) is 0.857. The molecule has 1 amide bonds. The second-order valence-electron chi connectivity index (χ2n) is 6.01. The Labute approximate surface area is 110 Å². The van der Waals surface area contributed by atoms with Crippen molar-refractivity contribution in [1.82, 2.24) is 10.6 Å². The Balaban J connectivity index is 1.83. The van der Waals surface area contributed by atoms with Crippen molar-refractivity contribution in [2.24, 2.45) is 16.8 Å². The van der Waals surface area contributed by atoms with Crippen LogP contribution in [0.15, 0.2) is 4.99 Å². The van der Waals surface area contributed by atoms with Crippen LogP contribution in [0.3, 0.4) is 0 Å². The van der Waals surface area contributed by atoms with Crippen LogP contribution in [-0.2, 0) is 4.79 Å². The van der Waals surface area contributed by atoms with Crippen molar-refractivity contribution in [3.05, 3.63) is 0 Å². The number of nitrogens with one attached hydrogen (secondary N) is 2. The molecule has 2 fully saturated rings. The third kappa shape index (κ3) is 3.72. The zero-order valence-corrected chi connectivity index (χ0v) is 11.5. The van der Waals surface area contributed by atoms with Crippen molar-refractivity contribution in [2.45, 2.75) is 58.4 Å². The van der Waals surface area contributed by atoms with Gasteiger partial charge in [0.2, 0.25) is 5.91 Å². The Morgan fingerprint density at radius 3 is 2.67 bits per heavy atom. The molecule has 1 unspecified atom stereocenters. The van der Waals surface area contributed by atoms with E-state index >= 15 is 0 Å². The van der Waals surface area contributed by atoms with E-state index in [-0.39, 0.29) is 11.9 Å². The Bertz CT molecular complexity index is 319. The van der Waals surface area contributed by atoms with E-state index in [1.807, 2.05) is 0 Å². The van der Waals surface area contributed by atoms with Crippen LogP contribution in [-0.4, -0.2) is 24.5 Å². The largest absolute Gasteiger partial charge is 0.344 e. The van der Waals surface area contributed by atoms with Gasteiger partial charge >= 0.3 is 0 Å². The first-order valence-corrected chi connectivity index (χ1v) is 7.27. The van der Waals surface area contributed by atoms with Gasteiger partial charge in [0, 0.05) is 6.54 Å². The van der Waals surface area contributed by atoms with Crippen LogP contribution in [0, 0.1) is 11.8 Å². The number of amides is 1. The summed E-state index contributed by atoms with van der Waals surface area (Å²) < 4.78 is 0. The van der Waals surface area contributed by atoms with Gasteiger partial charge in [0.05, 0.1) is 0 Å². The molecule has 0 bridgehead atoms. The topological polar surface area (TPSA) is 53.5 Å². The molecular weight excluding hydrogens is 226 g/mol. The molecule has 1 aliphatic heterocycles. The van der Waals surface area contributed by atoms with Crippen molar-refractivity contribution in [3.63, 3.8) is 0 Å². The highest BCUT2D eigenvalue weighted by Gasteiger charge is 2.30. The predicted octanol–water partition coefficient (Wildman–Crippen LogP) is 2.06. The van der Waals surface area contributed by atoms with Crippen LogP contribution < -0.4 is 10.6 Å². The quantitative estimate of drug-likeness (QED) is 0.803. The van der Waals surface area contributed by atoms with Gasteiger partial charge < -0.3 is 5.32 Å². The molecule has 2 aliphatic rings. The van der Waals surface area contributed by atoms with E-state index in [4.69, 9.17) is 0 Å². The molecule has 0 spiro atoms. The highest BCUT2D eigenvalue weighted by Crippen LogP contribution is 2.27. The molecule has 18 heavy (non-hydrogen) atoms. The van der Waals surface area contributed by atoms with E-state index in [0.29, 0.717) is 17.8 Å². The number of hydrogen-bond donors (Lipinski definition) is 2. The normalized spacial score (nSPS) is 27.6. The molecule has 1 saturated carbocycles. The zero-order chi connectivity index (χ0) is 13.0. The number of aliphatic imine (C=N–C) groups is 1. The average molecular weight is 251 g/mol. The van der Waals surface area contributed by atoms with Gasteiger partial charge in [-0.25, -0.2) is 0 Å². The van der Waals surface area contributed by atoms with Crippen LogP contribution in [0.1, 0.15) is 52.4 Å². The smallest absolute Gasteiger partial charge is 0.249 e. The number of nitrogens with zero attached hydrogens (tertiary/aromatic N) is 1. The highest BCUT2D eigenvalue weighted by molar-refractivity contribution is 6.06. The van der Waals surface area contributed by atoms with Gasteiger partial charge in [-0.1, -0.05) is 46.0 Å². The van der Waals surface area contributed by atoms with Crippen molar-refractivity contribution in [2.75, 3.05) is 6.54 Å². The van der Waals surface area contributed by atoms with Crippen molar-refractivity contribution in [3.8, 4) is 0 Å². The summed E-state index contributed by atoms with van der Waals surface area (Å²) in [5, 5.41) is 6.08. The molecule has 2 N–H and O–H groups in total. The summed E-state index contributed by atoms with van der Waals surface area (Å²) in [7, 11) is 0. The highest BCUT2D eigenvalue weighted by atomic mass is 16.2. The summed E-state index contributed by atoms with van der Waals surface area (Å²) in [5.41, 5.74) is 0. The maximum Gasteiger partial charge on any atom is 0.249 e. The van der Waals surface area contributed by atoms with E-state index in [1.165, 1.54) is 32.1 Å². The van der Waals surface area contributed by atoms with Gasteiger partial charge in [0.25, 0.3) is 0 Å². The lowest BCUT2D eigenvalue weighted by molar-refractivity contribution is -0.120. The maximum atomic E-state index is 11.8. The lowest BCUT2D eigenvalue weighted by atomic mass is 9.85. The van der Waals surface area contributed by atoms with E-state index in [1.54, 1.807) is 0 Å². The van der Waals surface area contributed by atoms with Crippen molar-refractivity contribution >= 4 is 11.9 Å². The summed E-state index contributed by atoms with van der Waals surface area (Å²) in [6.07, 6.45) is 7.54. The average Bonchev–Trinajstić information content (AvgIpc) is 2.69. The van der Waals surface area contributed by atoms with E-state index in [9.17, 15) is 4.79 Å². The Kier molecular flexibility index (Phi) is 4.61. The Morgan fingerprint density at radius 1 is 1.28 bits per heavy atom. The third-order valence-corrected chi connectivity index (χ3v) is 3.78. The second kappa shape index (κ2) is 6.21. The summed E-state index contributed by atoms with van der Waals surface area (Å²) in [6.45, 7) is 5.01. The van der Waals surface area contributed by atoms with Gasteiger partial charge in [-0.3, -0.25) is 15.1 Å². The van der Waals surface area contributed by atoms with Crippen LogP contribution in [0.4, 0.5) is 0 Å². The minimum atomic E-state index is -0.0565. The minimum Gasteiger partial charge on any atom is -0.344 e. The fourth-order valence-corrected chi connectivity index (χ4v) is 2.75. The van der Waals surface area contributed by atoms with Crippen LogP contribution in [0.5, 0.6) is 0 Å². The number of hydrogen-bond acceptors (Lipinski definition) is 2. The third-order valence-electron chi connectivity index (χ3n) is 3.78. The zero-order valence-electron chi connectivity index (χ0n) is 11.5. The number of carbonyl (C=O) groups is 1. The number of carbonyl (C=O) groups excluding carboxylic acids is 1. The van der Waals surface area contributed by atoms with Gasteiger partial charge in [-0.15, -0.1) is 0 Å². The molecule has 4 nitrogen and oxygen atoms in total. The molecule has 1 heterocycles. The first-order valence-electron chi connectivity index (χ1n) is 7.27. The van der Waals surface area contributed by atoms with Gasteiger partial charge in [-0.05, 0) is 18.3 Å². The SMILES string of the molecule is CC(C)CN=C1NC(=O)C(CC2CCCCC2)N1. The number of guanidine groups is 1. The molecular formula is C14H25N3O. The molecule has 1 saturated heterocycles. The van der Waals surface area contributed by atoms with Crippen LogP contribution >= 0.6 is 0 Å². The molecule has 0 radical (unpaired) electrons. The molecule has 1 aliphatic carbocycles. The first-order chi connectivity index (χ1) is 8.65. The van der Waals surface area contributed by atoms with Crippen LogP contribution in [0.25, 0.3) is 0 Å².